The molecule has 5 nitrogen and oxygen atoms in total. The smallest absolute Gasteiger partial charge is 0.333 e. The third-order valence-electron chi connectivity index (χ3n) is 5.34. The Kier molecular flexibility index (Phi) is 5.98. The number of hydrogen-bond donors (Lipinski definition) is 0. The predicted octanol–water partition coefficient (Wildman–Crippen LogP) is 2.64. The topological polar surface area (TPSA) is 45.7 Å². The highest BCUT2D eigenvalue weighted by Gasteiger charge is 2.24. The number of methoxy groups -OCH3 is 1. The number of ether oxygens (including phenoxy) is 1. The number of nitrogens with zero attached hydrogens (tertiary/aromatic N) is 3. The molecule has 1 saturated heterocycles. The number of allylic oxidation sites excluding steroid dienone is 3. The minimum absolute atomic E-state index is 0.0256. The first-order chi connectivity index (χ1) is 13.0. The van der Waals surface area contributed by atoms with E-state index in [1.165, 1.54) is 7.11 Å². The van der Waals surface area contributed by atoms with Crippen molar-refractivity contribution in [3.63, 3.8) is 0 Å². The molecule has 5 heteroatoms. The van der Waals surface area contributed by atoms with Crippen molar-refractivity contribution >= 4 is 11.7 Å². The van der Waals surface area contributed by atoms with Gasteiger partial charge in [0.1, 0.15) is 0 Å². The van der Waals surface area contributed by atoms with Crippen molar-refractivity contribution in [1.29, 1.82) is 0 Å². The lowest BCUT2D eigenvalue weighted by atomic mass is 9.88. The summed E-state index contributed by atoms with van der Waals surface area (Å²) >= 11 is 0. The molecule has 0 saturated carbocycles. The summed E-state index contributed by atoms with van der Waals surface area (Å²) in [5, 5.41) is 0. The molecule has 1 aromatic heterocycles. The molecule has 27 heavy (non-hydrogen) atoms. The Hall–Kier alpha value is -2.58. The van der Waals surface area contributed by atoms with Gasteiger partial charge in [-0.05, 0) is 39.9 Å². The van der Waals surface area contributed by atoms with Gasteiger partial charge in [0.25, 0.3) is 0 Å². The highest BCUT2D eigenvalue weighted by atomic mass is 16.5. The van der Waals surface area contributed by atoms with Crippen LogP contribution in [0.5, 0.6) is 0 Å². The zero-order chi connectivity index (χ0) is 19.4. The van der Waals surface area contributed by atoms with E-state index in [0.29, 0.717) is 18.0 Å². The van der Waals surface area contributed by atoms with Crippen LogP contribution >= 0.6 is 0 Å². The molecule has 0 spiro atoms. The molecule has 2 atom stereocenters. The second-order valence-corrected chi connectivity index (χ2v) is 7.40. The molecule has 1 aliphatic heterocycles. The standard InChI is InChI=1S/C22H27N3O2/c1-16-5-7-19(22(26)27-4)12-18(16)8-6-17-11-21(14-23-13-17)25-10-9-20(15-25)24(2)3/h5,7,11,13-14,18,20H,9-10,12,15H2,1-4H3. The predicted molar refractivity (Wildman–Crippen MR) is 107 cm³/mol. The molecule has 3 rings (SSSR count). The van der Waals surface area contributed by atoms with Gasteiger partial charge in [0.05, 0.1) is 19.0 Å². The lowest BCUT2D eigenvalue weighted by molar-refractivity contribution is -0.136. The highest BCUT2D eigenvalue weighted by Crippen LogP contribution is 2.26. The second kappa shape index (κ2) is 8.41. The second-order valence-electron chi connectivity index (χ2n) is 7.40. The van der Waals surface area contributed by atoms with E-state index in [1.807, 2.05) is 25.3 Å². The van der Waals surface area contributed by atoms with Crippen LogP contribution in [0.15, 0.2) is 41.8 Å². The van der Waals surface area contributed by atoms with E-state index in [0.717, 1.165) is 36.3 Å². The molecule has 0 aromatic carbocycles. The summed E-state index contributed by atoms with van der Waals surface area (Å²) in [6.07, 6.45) is 9.25. The van der Waals surface area contributed by atoms with Gasteiger partial charge in [-0.1, -0.05) is 29.6 Å². The van der Waals surface area contributed by atoms with Crippen LogP contribution in [0.2, 0.25) is 0 Å². The van der Waals surface area contributed by atoms with Crippen molar-refractivity contribution < 1.29 is 9.53 Å². The van der Waals surface area contributed by atoms with E-state index in [4.69, 9.17) is 4.74 Å². The number of aromatic nitrogens is 1. The third kappa shape index (κ3) is 4.58. The number of carbonyl (C=O) groups excluding carboxylic acids is 1. The number of anilines is 1. The molecule has 0 N–H and O–H groups in total. The summed E-state index contributed by atoms with van der Waals surface area (Å²) in [6, 6.07) is 2.69. The zero-order valence-corrected chi connectivity index (χ0v) is 16.5. The zero-order valence-electron chi connectivity index (χ0n) is 16.5. The Morgan fingerprint density at radius 2 is 2.15 bits per heavy atom. The maximum atomic E-state index is 11.8. The van der Waals surface area contributed by atoms with Crippen LogP contribution in [0.25, 0.3) is 0 Å². The Balaban J connectivity index is 1.72. The molecule has 2 heterocycles. The van der Waals surface area contributed by atoms with Crippen LogP contribution in [-0.2, 0) is 9.53 Å². The fourth-order valence-electron chi connectivity index (χ4n) is 3.48. The van der Waals surface area contributed by atoms with Gasteiger partial charge in [0, 0.05) is 42.4 Å². The van der Waals surface area contributed by atoms with E-state index in [-0.39, 0.29) is 11.9 Å². The van der Waals surface area contributed by atoms with Gasteiger partial charge in [-0.3, -0.25) is 4.98 Å². The molecular weight excluding hydrogens is 338 g/mol. The Bertz CT molecular complexity index is 829. The summed E-state index contributed by atoms with van der Waals surface area (Å²) < 4.78 is 4.83. The number of carbonyl (C=O) groups is 1. The monoisotopic (exact) mass is 365 g/mol. The van der Waals surface area contributed by atoms with Crippen LogP contribution in [0.3, 0.4) is 0 Å². The minimum atomic E-state index is -0.279. The van der Waals surface area contributed by atoms with Crippen LogP contribution in [0, 0.1) is 17.8 Å². The average Bonchev–Trinajstić information content (AvgIpc) is 3.17. The largest absolute Gasteiger partial charge is 0.466 e. The number of pyridine rings is 1. The van der Waals surface area contributed by atoms with Gasteiger partial charge >= 0.3 is 5.97 Å². The van der Waals surface area contributed by atoms with E-state index >= 15 is 0 Å². The lowest BCUT2D eigenvalue weighted by Crippen LogP contribution is -2.31. The molecule has 1 fully saturated rings. The number of esters is 1. The van der Waals surface area contributed by atoms with Gasteiger partial charge in [-0.2, -0.15) is 0 Å². The van der Waals surface area contributed by atoms with Gasteiger partial charge in [0.15, 0.2) is 0 Å². The van der Waals surface area contributed by atoms with Crippen molar-refractivity contribution in [3.8, 4) is 11.8 Å². The van der Waals surface area contributed by atoms with Crippen molar-refractivity contribution in [2.75, 3.05) is 39.2 Å². The van der Waals surface area contributed by atoms with E-state index < -0.39 is 0 Å². The maximum Gasteiger partial charge on any atom is 0.333 e. The summed E-state index contributed by atoms with van der Waals surface area (Å²) in [4.78, 5) is 20.8. The van der Waals surface area contributed by atoms with Crippen LogP contribution in [0.4, 0.5) is 5.69 Å². The molecule has 0 amide bonds. The number of hydrogen-bond acceptors (Lipinski definition) is 5. The molecular formula is C22H27N3O2. The van der Waals surface area contributed by atoms with Crippen molar-refractivity contribution in [1.82, 2.24) is 9.88 Å². The summed E-state index contributed by atoms with van der Waals surface area (Å²) in [6.45, 7) is 4.10. The van der Waals surface area contributed by atoms with Gasteiger partial charge in [-0.15, -0.1) is 0 Å². The van der Waals surface area contributed by atoms with Crippen molar-refractivity contribution in [2.24, 2.45) is 5.92 Å². The molecule has 1 aromatic rings. The van der Waals surface area contributed by atoms with Crippen molar-refractivity contribution in [3.05, 3.63) is 47.3 Å². The Morgan fingerprint density at radius 3 is 2.85 bits per heavy atom. The van der Waals surface area contributed by atoms with Gasteiger partial charge in [-0.25, -0.2) is 4.79 Å². The molecule has 0 bridgehead atoms. The summed E-state index contributed by atoms with van der Waals surface area (Å²) in [5.74, 6) is 6.30. The fourth-order valence-corrected chi connectivity index (χ4v) is 3.48. The summed E-state index contributed by atoms with van der Waals surface area (Å²) in [7, 11) is 5.67. The van der Waals surface area contributed by atoms with E-state index in [9.17, 15) is 4.79 Å². The molecule has 2 unspecified atom stereocenters. The van der Waals surface area contributed by atoms with Gasteiger partial charge < -0.3 is 14.5 Å². The average molecular weight is 365 g/mol. The lowest BCUT2D eigenvalue weighted by Gasteiger charge is -2.21. The SMILES string of the molecule is COC(=O)C1=CC=C(C)C(C#Cc2cncc(N3CCC(N(C)C)C3)c2)C1. The van der Waals surface area contributed by atoms with Crippen LogP contribution in [-0.4, -0.2) is 56.2 Å². The van der Waals surface area contributed by atoms with Gasteiger partial charge in [0.2, 0.25) is 0 Å². The molecule has 1 aliphatic carbocycles. The number of rotatable bonds is 3. The maximum absolute atomic E-state index is 11.8. The highest BCUT2D eigenvalue weighted by molar-refractivity contribution is 5.89. The number of likely N-dealkylation sites (N-methyl/N-ethyl adjacent to an activating group) is 1. The quantitative estimate of drug-likeness (QED) is 0.609. The minimum Gasteiger partial charge on any atom is -0.466 e. The summed E-state index contributed by atoms with van der Waals surface area (Å²) in [5.41, 5.74) is 3.86. The normalized spacial score (nSPS) is 22.0. The molecule has 2 aliphatic rings. The third-order valence-corrected chi connectivity index (χ3v) is 5.34. The van der Waals surface area contributed by atoms with Crippen LogP contribution < -0.4 is 4.90 Å². The first kappa shape index (κ1) is 19.2. The fraction of sp³-hybridized carbons (Fsp3) is 0.455. The molecule has 142 valence electrons. The van der Waals surface area contributed by atoms with E-state index in [1.54, 1.807) is 6.20 Å². The molecule has 0 radical (unpaired) electrons. The Labute approximate surface area is 161 Å². The Morgan fingerprint density at radius 1 is 1.33 bits per heavy atom. The first-order valence-electron chi connectivity index (χ1n) is 9.31. The van der Waals surface area contributed by atoms with Crippen molar-refractivity contribution in [2.45, 2.75) is 25.8 Å². The van der Waals surface area contributed by atoms with E-state index in [2.05, 4.69) is 46.8 Å². The van der Waals surface area contributed by atoms with Crippen LogP contribution in [0.1, 0.15) is 25.3 Å². The first-order valence-corrected chi connectivity index (χ1v) is 9.31.